The van der Waals surface area contributed by atoms with Gasteiger partial charge in [-0.25, -0.2) is 4.99 Å². The van der Waals surface area contributed by atoms with Crippen molar-refractivity contribution in [3.63, 3.8) is 0 Å². The second-order valence-corrected chi connectivity index (χ2v) is 6.34. The number of aliphatic imine (C=N–C) groups is 1. The molecule has 0 aliphatic rings. The van der Waals surface area contributed by atoms with Gasteiger partial charge in [0.15, 0.2) is 5.96 Å². The van der Waals surface area contributed by atoms with Crippen LogP contribution in [0.2, 0.25) is 0 Å². The molecule has 1 unspecified atom stereocenters. The lowest BCUT2D eigenvalue weighted by Crippen LogP contribution is -2.42. The molecule has 0 amide bonds. The second-order valence-electron chi connectivity index (χ2n) is 6.34. The largest absolute Gasteiger partial charge is 0.491 e. The SMILES string of the molecule is CCNC(=NCc1ccc(C)cc1)NCC(O)COc1cccc(C)c1. The third-order valence-corrected chi connectivity index (χ3v) is 3.82. The number of aliphatic hydroxyl groups is 1. The molecule has 3 N–H and O–H groups in total. The standard InChI is InChI=1S/C21H29N3O2/c1-4-22-21(23-13-18-10-8-16(2)9-11-18)24-14-19(25)15-26-20-7-5-6-17(3)12-20/h5-12,19,25H,4,13-15H2,1-3H3,(H2,22,23,24). The first kappa shape index (κ1) is 19.8. The number of nitrogens with zero attached hydrogens (tertiary/aromatic N) is 1. The molecule has 0 aliphatic heterocycles. The number of hydrogen-bond acceptors (Lipinski definition) is 3. The van der Waals surface area contributed by atoms with Crippen molar-refractivity contribution in [1.29, 1.82) is 0 Å². The van der Waals surface area contributed by atoms with Crippen molar-refractivity contribution in [1.82, 2.24) is 10.6 Å². The van der Waals surface area contributed by atoms with E-state index in [1.165, 1.54) is 5.56 Å². The van der Waals surface area contributed by atoms with Gasteiger partial charge in [0.25, 0.3) is 0 Å². The molecule has 0 aliphatic carbocycles. The number of aryl methyl sites for hydroxylation is 2. The van der Waals surface area contributed by atoms with Gasteiger partial charge in [0.2, 0.25) is 0 Å². The van der Waals surface area contributed by atoms with Crippen LogP contribution in [0.1, 0.15) is 23.6 Å². The van der Waals surface area contributed by atoms with Crippen LogP contribution in [0.15, 0.2) is 53.5 Å². The number of rotatable bonds is 8. The van der Waals surface area contributed by atoms with Gasteiger partial charge in [-0.1, -0.05) is 42.0 Å². The first-order valence-corrected chi connectivity index (χ1v) is 9.02. The van der Waals surface area contributed by atoms with E-state index < -0.39 is 6.10 Å². The summed E-state index contributed by atoms with van der Waals surface area (Å²) in [5.41, 5.74) is 3.52. The van der Waals surface area contributed by atoms with Crippen LogP contribution in [0.3, 0.4) is 0 Å². The minimum Gasteiger partial charge on any atom is -0.491 e. The Labute approximate surface area is 156 Å². The number of guanidine groups is 1. The number of hydrogen-bond donors (Lipinski definition) is 3. The molecule has 0 bridgehead atoms. The Morgan fingerprint density at radius 2 is 1.85 bits per heavy atom. The normalized spacial score (nSPS) is 12.5. The summed E-state index contributed by atoms with van der Waals surface area (Å²) in [6.07, 6.45) is -0.626. The van der Waals surface area contributed by atoms with E-state index in [0.717, 1.165) is 23.4 Å². The van der Waals surface area contributed by atoms with Gasteiger partial charge in [-0.2, -0.15) is 0 Å². The zero-order chi connectivity index (χ0) is 18.8. The number of nitrogens with one attached hydrogen (secondary N) is 2. The third-order valence-electron chi connectivity index (χ3n) is 3.82. The molecule has 0 heterocycles. The van der Waals surface area contributed by atoms with Gasteiger partial charge in [-0.3, -0.25) is 0 Å². The Morgan fingerprint density at radius 1 is 1.08 bits per heavy atom. The van der Waals surface area contributed by atoms with E-state index in [-0.39, 0.29) is 6.61 Å². The molecule has 2 aromatic carbocycles. The minimum atomic E-state index is -0.626. The molecule has 0 spiro atoms. The minimum absolute atomic E-state index is 0.230. The fourth-order valence-corrected chi connectivity index (χ4v) is 2.38. The van der Waals surface area contributed by atoms with Gasteiger partial charge in [0.05, 0.1) is 6.54 Å². The van der Waals surface area contributed by atoms with Crippen molar-refractivity contribution in [2.24, 2.45) is 4.99 Å². The smallest absolute Gasteiger partial charge is 0.191 e. The highest BCUT2D eigenvalue weighted by atomic mass is 16.5. The number of benzene rings is 2. The van der Waals surface area contributed by atoms with E-state index >= 15 is 0 Å². The Hall–Kier alpha value is -2.53. The van der Waals surface area contributed by atoms with Crippen molar-refractivity contribution >= 4 is 5.96 Å². The summed E-state index contributed by atoms with van der Waals surface area (Å²) < 4.78 is 5.63. The average molecular weight is 355 g/mol. The van der Waals surface area contributed by atoms with Crippen molar-refractivity contribution in [2.75, 3.05) is 19.7 Å². The predicted molar refractivity (Wildman–Crippen MR) is 107 cm³/mol. The van der Waals surface area contributed by atoms with E-state index in [1.54, 1.807) is 0 Å². The van der Waals surface area contributed by atoms with E-state index in [2.05, 4.69) is 46.8 Å². The fourth-order valence-electron chi connectivity index (χ4n) is 2.38. The molecule has 5 heteroatoms. The zero-order valence-corrected chi connectivity index (χ0v) is 15.8. The van der Waals surface area contributed by atoms with Crippen molar-refractivity contribution in [2.45, 2.75) is 33.4 Å². The van der Waals surface area contributed by atoms with Crippen LogP contribution in [-0.2, 0) is 6.54 Å². The van der Waals surface area contributed by atoms with Gasteiger partial charge in [0, 0.05) is 13.1 Å². The molecule has 5 nitrogen and oxygen atoms in total. The monoisotopic (exact) mass is 355 g/mol. The molecule has 0 aromatic heterocycles. The lowest BCUT2D eigenvalue weighted by molar-refractivity contribution is 0.110. The summed E-state index contributed by atoms with van der Waals surface area (Å²) in [5, 5.41) is 16.5. The lowest BCUT2D eigenvalue weighted by Gasteiger charge is -2.16. The summed E-state index contributed by atoms with van der Waals surface area (Å²) in [4.78, 5) is 4.56. The molecule has 140 valence electrons. The first-order valence-electron chi connectivity index (χ1n) is 9.02. The Bertz CT molecular complexity index is 699. The summed E-state index contributed by atoms with van der Waals surface area (Å²) >= 11 is 0. The van der Waals surface area contributed by atoms with Crippen LogP contribution >= 0.6 is 0 Å². The summed E-state index contributed by atoms with van der Waals surface area (Å²) in [5.74, 6) is 1.45. The lowest BCUT2D eigenvalue weighted by atomic mass is 10.1. The van der Waals surface area contributed by atoms with Gasteiger partial charge in [-0.15, -0.1) is 0 Å². The molecule has 26 heavy (non-hydrogen) atoms. The predicted octanol–water partition coefficient (Wildman–Crippen LogP) is 2.80. The quantitative estimate of drug-likeness (QED) is 0.503. The van der Waals surface area contributed by atoms with Crippen LogP contribution in [0.25, 0.3) is 0 Å². The highest BCUT2D eigenvalue weighted by Gasteiger charge is 2.07. The Kier molecular flexibility index (Phi) is 7.96. The molecular weight excluding hydrogens is 326 g/mol. The van der Waals surface area contributed by atoms with Crippen LogP contribution in [0.5, 0.6) is 5.75 Å². The van der Waals surface area contributed by atoms with E-state index in [9.17, 15) is 5.11 Å². The number of ether oxygens (including phenoxy) is 1. The summed E-state index contributed by atoms with van der Waals surface area (Å²) in [6.45, 7) is 8.04. The van der Waals surface area contributed by atoms with E-state index in [0.29, 0.717) is 19.0 Å². The Balaban J connectivity index is 1.80. The van der Waals surface area contributed by atoms with Crippen LogP contribution in [0, 0.1) is 13.8 Å². The topological polar surface area (TPSA) is 65.9 Å². The van der Waals surface area contributed by atoms with Gasteiger partial charge in [0.1, 0.15) is 18.5 Å². The second kappa shape index (κ2) is 10.5. The summed E-state index contributed by atoms with van der Waals surface area (Å²) in [7, 11) is 0. The number of aliphatic hydroxyl groups excluding tert-OH is 1. The van der Waals surface area contributed by atoms with Crippen molar-refractivity contribution < 1.29 is 9.84 Å². The molecule has 1 atom stereocenters. The molecule has 2 rings (SSSR count). The molecular formula is C21H29N3O2. The summed E-state index contributed by atoms with van der Waals surface area (Å²) in [6, 6.07) is 16.1. The van der Waals surface area contributed by atoms with Gasteiger partial charge >= 0.3 is 0 Å². The molecule has 0 saturated heterocycles. The maximum atomic E-state index is 10.1. The Morgan fingerprint density at radius 3 is 2.54 bits per heavy atom. The van der Waals surface area contributed by atoms with Crippen LogP contribution < -0.4 is 15.4 Å². The van der Waals surface area contributed by atoms with E-state index in [4.69, 9.17) is 4.74 Å². The van der Waals surface area contributed by atoms with Crippen molar-refractivity contribution in [3.8, 4) is 5.75 Å². The maximum absolute atomic E-state index is 10.1. The zero-order valence-electron chi connectivity index (χ0n) is 15.8. The maximum Gasteiger partial charge on any atom is 0.191 e. The van der Waals surface area contributed by atoms with Gasteiger partial charge in [-0.05, 0) is 44.0 Å². The highest BCUT2D eigenvalue weighted by molar-refractivity contribution is 5.79. The highest BCUT2D eigenvalue weighted by Crippen LogP contribution is 2.12. The molecule has 0 radical (unpaired) electrons. The molecule has 0 fully saturated rings. The van der Waals surface area contributed by atoms with Crippen LogP contribution in [-0.4, -0.2) is 36.9 Å². The average Bonchev–Trinajstić information content (AvgIpc) is 2.63. The van der Waals surface area contributed by atoms with Crippen molar-refractivity contribution in [3.05, 3.63) is 65.2 Å². The van der Waals surface area contributed by atoms with Gasteiger partial charge < -0.3 is 20.5 Å². The first-order chi connectivity index (χ1) is 12.6. The van der Waals surface area contributed by atoms with E-state index in [1.807, 2.05) is 38.1 Å². The molecule has 2 aromatic rings. The third kappa shape index (κ3) is 7.15. The van der Waals surface area contributed by atoms with Crippen LogP contribution in [0.4, 0.5) is 0 Å². The fraction of sp³-hybridized carbons (Fsp3) is 0.381. The molecule has 0 saturated carbocycles.